The minimum Gasteiger partial charge on any atom is -0.466 e. The summed E-state index contributed by atoms with van der Waals surface area (Å²) in [5.74, 6) is -0.335. The van der Waals surface area contributed by atoms with Crippen molar-refractivity contribution < 1.29 is 23.0 Å². The number of carbonyl (C=O) groups excluding carboxylic acids is 1. The molecule has 110 valence electrons. The van der Waals surface area contributed by atoms with Crippen molar-refractivity contribution in [2.24, 2.45) is 0 Å². The van der Waals surface area contributed by atoms with E-state index in [9.17, 15) is 13.6 Å². The second-order valence-electron chi connectivity index (χ2n) is 3.83. The second kappa shape index (κ2) is 8.14. The Kier molecular flexibility index (Phi) is 6.49. The van der Waals surface area contributed by atoms with Crippen LogP contribution in [0.3, 0.4) is 0 Å². The first kappa shape index (κ1) is 15.9. The third kappa shape index (κ3) is 4.87. The number of ether oxygens (including phenoxy) is 2. The van der Waals surface area contributed by atoms with Crippen molar-refractivity contribution in [3.8, 4) is 5.75 Å². The van der Waals surface area contributed by atoms with Gasteiger partial charge in [0.25, 0.3) is 0 Å². The van der Waals surface area contributed by atoms with Crippen LogP contribution in [0.25, 0.3) is 0 Å². The quantitative estimate of drug-likeness (QED) is 0.617. The molecule has 0 unspecified atom stereocenters. The number of benzene rings is 1. The summed E-state index contributed by atoms with van der Waals surface area (Å²) >= 11 is 0. The molecule has 0 aliphatic carbocycles. The van der Waals surface area contributed by atoms with E-state index < -0.39 is 12.6 Å². The number of para-hydroxylation sites is 2. The lowest BCUT2D eigenvalue weighted by atomic mass is 10.2. The van der Waals surface area contributed by atoms with E-state index in [1.165, 1.54) is 13.2 Å². The van der Waals surface area contributed by atoms with Gasteiger partial charge in [-0.1, -0.05) is 25.1 Å². The number of anilines is 1. The monoisotopic (exact) mass is 285 g/mol. The van der Waals surface area contributed by atoms with Gasteiger partial charge < -0.3 is 14.8 Å². The lowest BCUT2D eigenvalue weighted by molar-refractivity contribution is -0.136. The van der Waals surface area contributed by atoms with Crippen LogP contribution >= 0.6 is 0 Å². The van der Waals surface area contributed by atoms with Crippen molar-refractivity contribution in [2.45, 2.75) is 20.0 Å². The first-order valence-electron chi connectivity index (χ1n) is 6.13. The second-order valence-corrected chi connectivity index (χ2v) is 3.83. The highest BCUT2D eigenvalue weighted by molar-refractivity contribution is 5.88. The normalized spacial score (nSPS) is 11.3. The number of esters is 1. The lowest BCUT2D eigenvalue weighted by Gasteiger charge is -2.11. The average Bonchev–Trinajstić information content (AvgIpc) is 2.44. The SMILES string of the molecule is CC/C(=C/CNc1ccccc1OC(F)F)C(=O)OC. The molecule has 0 fully saturated rings. The van der Waals surface area contributed by atoms with Gasteiger partial charge in [-0.3, -0.25) is 0 Å². The summed E-state index contributed by atoms with van der Waals surface area (Å²) in [6.45, 7) is -0.742. The van der Waals surface area contributed by atoms with Gasteiger partial charge in [0.1, 0.15) is 5.75 Å². The van der Waals surface area contributed by atoms with Crippen LogP contribution < -0.4 is 10.1 Å². The maximum absolute atomic E-state index is 12.2. The number of alkyl halides is 2. The number of hydrogen-bond donors (Lipinski definition) is 1. The summed E-state index contributed by atoms with van der Waals surface area (Å²) in [5.41, 5.74) is 0.955. The Morgan fingerprint density at radius 2 is 2.10 bits per heavy atom. The van der Waals surface area contributed by atoms with E-state index in [2.05, 4.69) is 14.8 Å². The average molecular weight is 285 g/mol. The van der Waals surface area contributed by atoms with Crippen LogP contribution in [0.1, 0.15) is 13.3 Å². The maximum atomic E-state index is 12.2. The van der Waals surface area contributed by atoms with Crippen molar-refractivity contribution in [3.63, 3.8) is 0 Å². The molecule has 1 N–H and O–H groups in total. The molecule has 0 aliphatic rings. The van der Waals surface area contributed by atoms with E-state index >= 15 is 0 Å². The summed E-state index contributed by atoms with van der Waals surface area (Å²) in [6, 6.07) is 6.37. The lowest BCUT2D eigenvalue weighted by Crippen LogP contribution is -2.09. The van der Waals surface area contributed by atoms with Gasteiger partial charge in [0, 0.05) is 12.1 Å². The number of methoxy groups -OCH3 is 1. The Morgan fingerprint density at radius 1 is 1.40 bits per heavy atom. The Bertz CT molecular complexity index is 475. The zero-order chi connectivity index (χ0) is 15.0. The smallest absolute Gasteiger partial charge is 0.387 e. The molecular formula is C14H17F2NO3. The standard InChI is InChI=1S/C14H17F2NO3/c1-3-10(13(18)19-2)8-9-17-11-6-4-5-7-12(11)20-14(15)16/h4-8,14,17H,3,9H2,1-2H3/b10-8-. The fraction of sp³-hybridized carbons (Fsp3) is 0.357. The van der Waals surface area contributed by atoms with Gasteiger partial charge in [-0.25, -0.2) is 4.79 Å². The summed E-state index contributed by atoms with van der Waals surface area (Å²) in [6.07, 6.45) is 2.19. The molecule has 0 heterocycles. The van der Waals surface area contributed by atoms with Crippen LogP contribution in [0.5, 0.6) is 5.75 Å². The molecule has 20 heavy (non-hydrogen) atoms. The molecule has 1 rings (SSSR count). The fourth-order valence-corrected chi connectivity index (χ4v) is 1.60. The van der Waals surface area contributed by atoms with E-state index in [4.69, 9.17) is 0 Å². The van der Waals surface area contributed by atoms with Crippen molar-refractivity contribution >= 4 is 11.7 Å². The third-order valence-corrected chi connectivity index (χ3v) is 2.57. The van der Waals surface area contributed by atoms with Gasteiger partial charge in [0.15, 0.2) is 0 Å². The van der Waals surface area contributed by atoms with Crippen molar-refractivity contribution in [1.82, 2.24) is 0 Å². The Labute approximate surface area is 116 Å². The summed E-state index contributed by atoms with van der Waals surface area (Å²) in [5, 5.41) is 2.92. The Hall–Kier alpha value is -2.11. The topological polar surface area (TPSA) is 47.6 Å². The molecule has 1 aromatic rings. The molecule has 0 aromatic heterocycles. The molecule has 4 nitrogen and oxygen atoms in total. The number of carbonyl (C=O) groups is 1. The van der Waals surface area contributed by atoms with Gasteiger partial charge in [-0.15, -0.1) is 0 Å². The van der Waals surface area contributed by atoms with Crippen molar-refractivity contribution in [2.75, 3.05) is 19.0 Å². The number of halogens is 2. The van der Waals surface area contributed by atoms with Crippen LogP contribution in [0.2, 0.25) is 0 Å². The largest absolute Gasteiger partial charge is 0.466 e. The van der Waals surface area contributed by atoms with Crippen LogP contribution in [-0.2, 0) is 9.53 Å². The molecule has 1 aromatic carbocycles. The van der Waals surface area contributed by atoms with Gasteiger partial charge in [0.05, 0.1) is 12.8 Å². The summed E-state index contributed by atoms with van der Waals surface area (Å²) < 4.78 is 33.5. The van der Waals surface area contributed by atoms with E-state index in [0.29, 0.717) is 24.2 Å². The van der Waals surface area contributed by atoms with E-state index in [0.717, 1.165) is 0 Å². The first-order chi connectivity index (χ1) is 9.58. The van der Waals surface area contributed by atoms with Gasteiger partial charge in [-0.05, 0) is 18.6 Å². The third-order valence-electron chi connectivity index (χ3n) is 2.57. The minimum absolute atomic E-state index is 0.0621. The van der Waals surface area contributed by atoms with E-state index in [1.54, 1.807) is 24.3 Å². The van der Waals surface area contributed by atoms with Crippen LogP contribution in [0.15, 0.2) is 35.9 Å². The highest BCUT2D eigenvalue weighted by atomic mass is 19.3. The number of hydrogen-bond acceptors (Lipinski definition) is 4. The van der Waals surface area contributed by atoms with E-state index in [1.807, 2.05) is 6.92 Å². The Morgan fingerprint density at radius 3 is 2.70 bits per heavy atom. The van der Waals surface area contributed by atoms with E-state index in [-0.39, 0.29) is 5.75 Å². The van der Waals surface area contributed by atoms with Gasteiger partial charge in [-0.2, -0.15) is 8.78 Å². The molecule has 0 spiro atoms. The zero-order valence-corrected chi connectivity index (χ0v) is 11.4. The molecule has 0 saturated heterocycles. The van der Waals surface area contributed by atoms with Crippen LogP contribution in [-0.4, -0.2) is 26.2 Å². The molecule has 0 atom stereocenters. The summed E-state index contributed by atoms with van der Waals surface area (Å²) in [7, 11) is 1.31. The highest BCUT2D eigenvalue weighted by Crippen LogP contribution is 2.25. The predicted molar refractivity (Wildman–Crippen MR) is 72.0 cm³/mol. The number of nitrogens with one attached hydrogen (secondary N) is 1. The molecule has 0 saturated carbocycles. The molecular weight excluding hydrogens is 268 g/mol. The maximum Gasteiger partial charge on any atom is 0.387 e. The van der Waals surface area contributed by atoms with Crippen molar-refractivity contribution in [1.29, 1.82) is 0 Å². The Balaban J connectivity index is 2.70. The zero-order valence-electron chi connectivity index (χ0n) is 11.4. The van der Waals surface area contributed by atoms with Gasteiger partial charge in [0.2, 0.25) is 0 Å². The number of rotatable bonds is 7. The predicted octanol–water partition coefficient (Wildman–Crippen LogP) is 3.21. The fourth-order valence-electron chi connectivity index (χ4n) is 1.60. The molecule has 0 bridgehead atoms. The van der Waals surface area contributed by atoms with Crippen LogP contribution in [0.4, 0.5) is 14.5 Å². The van der Waals surface area contributed by atoms with Crippen molar-refractivity contribution in [3.05, 3.63) is 35.9 Å². The molecule has 0 radical (unpaired) electrons. The summed E-state index contributed by atoms with van der Waals surface area (Å²) in [4.78, 5) is 11.4. The molecule has 0 amide bonds. The van der Waals surface area contributed by atoms with Gasteiger partial charge >= 0.3 is 12.6 Å². The van der Waals surface area contributed by atoms with Crippen LogP contribution in [0, 0.1) is 0 Å². The minimum atomic E-state index is -2.88. The first-order valence-corrected chi connectivity index (χ1v) is 6.13. The highest BCUT2D eigenvalue weighted by Gasteiger charge is 2.09. The molecule has 6 heteroatoms. The molecule has 0 aliphatic heterocycles.